The number of hydrogen-bond donors (Lipinski definition) is 3. The first-order chi connectivity index (χ1) is 17.8. The lowest BCUT2D eigenvalue weighted by Gasteiger charge is -2.34. The van der Waals surface area contributed by atoms with E-state index in [0.29, 0.717) is 25.8 Å². The van der Waals surface area contributed by atoms with Gasteiger partial charge >= 0.3 is 6.18 Å². The molecule has 3 aliphatic heterocycles. The van der Waals surface area contributed by atoms with Gasteiger partial charge in [-0.2, -0.15) is 18.4 Å². The van der Waals surface area contributed by atoms with Crippen LogP contribution in [0.4, 0.5) is 13.2 Å². The number of rotatable bonds is 2. The van der Waals surface area contributed by atoms with Crippen molar-refractivity contribution in [3.63, 3.8) is 0 Å². The molecule has 5 aliphatic rings. The summed E-state index contributed by atoms with van der Waals surface area (Å²) in [5.41, 5.74) is -2.67. The molecule has 7 atom stereocenters. The van der Waals surface area contributed by atoms with Crippen LogP contribution < -0.4 is 16.0 Å². The molecule has 3 N–H and O–H groups in total. The second-order valence-electron chi connectivity index (χ2n) is 12.3. The van der Waals surface area contributed by atoms with Gasteiger partial charge in [0.15, 0.2) is 0 Å². The van der Waals surface area contributed by atoms with Gasteiger partial charge < -0.3 is 20.9 Å². The predicted molar refractivity (Wildman–Crippen MR) is 127 cm³/mol. The van der Waals surface area contributed by atoms with Gasteiger partial charge in [-0.15, -0.1) is 0 Å². The number of amides is 4. The SMILES string of the molecule is CC1(C)[C@@H]2[C@H]3C(=O)N[C@H](C#N)C[C@@H]4C(=O)NC[C@@H]4CCCCC(NC(=O)C4(C(F)(F)F)CC4)C(=O)N3C[C@@H]21. The molecule has 208 valence electrons. The van der Waals surface area contributed by atoms with Crippen LogP contribution in [0.5, 0.6) is 0 Å². The first kappa shape index (κ1) is 26.8. The summed E-state index contributed by atoms with van der Waals surface area (Å²) < 4.78 is 40.8. The Balaban J connectivity index is 1.42. The second kappa shape index (κ2) is 9.12. The van der Waals surface area contributed by atoms with Crippen molar-refractivity contribution in [1.29, 1.82) is 5.26 Å². The lowest BCUT2D eigenvalue weighted by Crippen LogP contribution is -2.58. The molecule has 5 fully saturated rings. The van der Waals surface area contributed by atoms with Crippen LogP contribution in [0.25, 0.3) is 0 Å². The van der Waals surface area contributed by atoms with E-state index in [2.05, 4.69) is 22.0 Å². The highest BCUT2D eigenvalue weighted by atomic mass is 19.4. The van der Waals surface area contributed by atoms with Crippen molar-refractivity contribution in [1.82, 2.24) is 20.9 Å². The number of halogens is 3. The molecule has 0 bridgehead atoms. The molecular weight excluding hydrogens is 503 g/mol. The Bertz CT molecular complexity index is 1080. The maximum absolute atomic E-state index is 13.8. The monoisotopic (exact) mass is 537 g/mol. The minimum Gasteiger partial charge on any atom is -0.356 e. The summed E-state index contributed by atoms with van der Waals surface area (Å²) >= 11 is 0. The van der Waals surface area contributed by atoms with Gasteiger partial charge in [-0.1, -0.05) is 26.7 Å². The molecule has 3 saturated heterocycles. The van der Waals surface area contributed by atoms with Crippen molar-refractivity contribution in [3.05, 3.63) is 0 Å². The summed E-state index contributed by atoms with van der Waals surface area (Å²) in [5.74, 6) is -3.04. The van der Waals surface area contributed by atoms with Crippen LogP contribution in [0.15, 0.2) is 0 Å². The van der Waals surface area contributed by atoms with E-state index >= 15 is 0 Å². The molecular formula is C26H34F3N5O4. The largest absolute Gasteiger partial charge is 0.403 e. The minimum absolute atomic E-state index is 0.0321. The van der Waals surface area contributed by atoms with E-state index in [1.54, 1.807) is 0 Å². The molecule has 3 heterocycles. The third-order valence-electron chi connectivity index (χ3n) is 9.81. The molecule has 9 nitrogen and oxygen atoms in total. The summed E-state index contributed by atoms with van der Waals surface area (Å²) in [6, 6.07) is -0.923. The Morgan fingerprint density at radius 1 is 1.13 bits per heavy atom. The molecule has 5 rings (SSSR count). The average Bonchev–Trinajstić information content (AvgIpc) is 3.65. The van der Waals surface area contributed by atoms with E-state index in [9.17, 15) is 37.6 Å². The fourth-order valence-corrected chi connectivity index (χ4v) is 7.06. The smallest absolute Gasteiger partial charge is 0.356 e. The highest BCUT2D eigenvalue weighted by Gasteiger charge is 2.71. The van der Waals surface area contributed by atoms with Gasteiger partial charge in [-0.3, -0.25) is 19.2 Å². The van der Waals surface area contributed by atoms with Crippen LogP contribution in [0.1, 0.15) is 58.8 Å². The van der Waals surface area contributed by atoms with Gasteiger partial charge in [0.1, 0.15) is 23.5 Å². The van der Waals surface area contributed by atoms with Crippen LogP contribution in [0.3, 0.4) is 0 Å². The maximum atomic E-state index is 13.8. The summed E-state index contributed by atoms with van der Waals surface area (Å²) in [7, 11) is 0. The van der Waals surface area contributed by atoms with Crippen LogP contribution in [-0.4, -0.2) is 65.9 Å². The van der Waals surface area contributed by atoms with Crippen molar-refractivity contribution in [2.24, 2.45) is 34.5 Å². The minimum atomic E-state index is -4.70. The van der Waals surface area contributed by atoms with E-state index in [1.807, 2.05) is 13.8 Å². The Labute approximate surface area is 219 Å². The number of carbonyl (C=O) groups is 4. The van der Waals surface area contributed by atoms with Crippen molar-refractivity contribution in [2.45, 2.75) is 83.1 Å². The molecule has 4 amide bonds. The Morgan fingerprint density at radius 3 is 2.45 bits per heavy atom. The fourth-order valence-electron chi connectivity index (χ4n) is 7.06. The summed E-state index contributed by atoms with van der Waals surface area (Å²) in [4.78, 5) is 54.0. The van der Waals surface area contributed by atoms with E-state index in [1.165, 1.54) is 4.90 Å². The second-order valence-corrected chi connectivity index (χ2v) is 12.3. The Kier molecular flexibility index (Phi) is 6.42. The normalized spacial score (nSPS) is 37.9. The molecule has 0 aromatic carbocycles. The predicted octanol–water partition coefficient (Wildman–Crippen LogP) is 1.63. The van der Waals surface area contributed by atoms with Gasteiger partial charge in [0, 0.05) is 19.0 Å². The Hall–Kier alpha value is -2.84. The van der Waals surface area contributed by atoms with Gasteiger partial charge in [0.2, 0.25) is 23.6 Å². The molecule has 12 heteroatoms. The zero-order valence-electron chi connectivity index (χ0n) is 21.6. The number of alkyl halides is 3. The van der Waals surface area contributed by atoms with E-state index in [-0.39, 0.29) is 61.3 Å². The van der Waals surface area contributed by atoms with Gasteiger partial charge in [-0.05, 0) is 55.3 Å². The summed E-state index contributed by atoms with van der Waals surface area (Å²) in [6.45, 7) is 4.70. The first-order valence-electron chi connectivity index (χ1n) is 13.5. The molecule has 38 heavy (non-hydrogen) atoms. The van der Waals surface area contributed by atoms with Crippen LogP contribution in [0, 0.1) is 45.8 Å². The fraction of sp³-hybridized carbons (Fsp3) is 0.808. The van der Waals surface area contributed by atoms with Crippen LogP contribution in [0.2, 0.25) is 0 Å². The summed E-state index contributed by atoms with van der Waals surface area (Å²) in [6.07, 6.45) is -3.33. The van der Waals surface area contributed by atoms with Gasteiger partial charge in [0.05, 0.1) is 6.07 Å². The highest BCUT2D eigenvalue weighted by Crippen LogP contribution is 2.65. The molecule has 2 aliphatic carbocycles. The van der Waals surface area contributed by atoms with Crippen LogP contribution >= 0.6 is 0 Å². The third-order valence-corrected chi connectivity index (χ3v) is 9.81. The standard InChI is InChI=1S/C26H34F3N5O4/c1-24(2)16-12-34-19(18(16)24)21(36)32-14(10-30)9-15-13(11-31-20(15)35)5-3-4-6-17(22(34)37)33-23(38)25(7-8-25)26(27,28)29/h13-19H,3-9,11-12H2,1-2H3,(H,31,35)(H,32,36)(H,33,38)/t13-,14-,15-,16-,17?,18-,19-/m0/s1. The van der Waals surface area contributed by atoms with E-state index < -0.39 is 53.4 Å². The highest BCUT2D eigenvalue weighted by molar-refractivity contribution is 5.95. The molecule has 2 saturated carbocycles. The zero-order valence-corrected chi connectivity index (χ0v) is 21.6. The molecule has 0 spiro atoms. The van der Waals surface area contributed by atoms with Gasteiger partial charge in [-0.25, -0.2) is 0 Å². The molecule has 0 radical (unpaired) electrons. The van der Waals surface area contributed by atoms with Crippen LogP contribution in [-0.2, 0) is 19.2 Å². The van der Waals surface area contributed by atoms with E-state index in [0.717, 1.165) is 0 Å². The van der Waals surface area contributed by atoms with Crippen molar-refractivity contribution >= 4 is 23.6 Å². The van der Waals surface area contributed by atoms with E-state index in [4.69, 9.17) is 0 Å². The van der Waals surface area contributed by atoms with Crippen molar-refractivity contribution < 1.29 is 32.3 Å². The number of carbonyl (C=O) groups excluding carboxylic acids is 4. The number of hydrogen-bond acceptors (Lipinski definition) is 5. The number of fused-ring (bicyclic) bond motifs is 4. The zero-order chi connectivity index (χ0) is 27.6. The molecule has 0 aromatic rings. The number of nitriles is 1. The number of piperidine rings is 1. The lowest BCUT2D eigenvalue weighted by atomic mass is 9.85. The average molecular weight is 538 g/mol. The maximum Gasteiger partial charge on any atom is 0.403 e. The lowest BCUT2D eigenvalue weighted by molar-refractivity contribution is -0.193. The topological polar surface area (TPSA) is 131 Å². The molecule has 0 aromatic heterocycles. The Morgan fingerprint density at radius 2 is 1.82 bits per heavy atom. The van der Waals surface area contributed by atoms with Crippen molar-refractivity contribution in [3.8, 4) is 6.07 Å². The quantitative estimate of drug-likeness (QED) is 0.493. The first-order valence-corrected chi connectivity index (χ1v) is 13.5. The number of nitrogens with zero attached hydrogens (tertiary/aromatic N) is 2. The van der Waals surface area contributed by atoms with Gasteiger partial charge in [0.25, 0.3) is 0 Å². The molecule has 1 unspecified atom stereocenters. The third kappa shape index (κ3) is 4.31. The summed E-state index contributed by atoms with van der Waals surface area (Å²) in [5, 5.41) is 17.7. The van der Waals surface area contributed by atoms with Crippen molar-refractivity contribution in [2.75, 3.05) is 13.1 Å². The number of nitrogens with one attached hydrogen (secondary N) is 3.